The van der Waals surface area contributed by atoms with Crippen LogP contribution in [-0.4, -0.2) is 42.1 Å². The molecule has 0 aromatic rings. The van der Waals surface area contributed by atoms with Crippen molar-refractivity contribution in [1.82, 2.24) is 5.32 Å². The zero-order valence-corrected chi connectivity index (χ0v) is 10.9. The lowest BCUT2D eigenvalue weighted by molar-refractivity contribution is -0.151. The summed E-state index contributed by atoms with van der Waals surface area (Å²) in [7, 11) is 0. The van der Waals surface area contributed by atoms with E-state index in [0.29, 0.717) is 0 Å². The average Bonchev–Trinajstić information content (AvgIpc) is 2.24. The van der Waals surface area contributed by atoms with E-state index in [9.17, 15) is 19.5 Å². The lowest BCUT2D eigenvalue weighted by atomic mass is 9.87. The minimum Gasteiger partial charge on any atom is -0.465 e. The van der Waals surface area contributed by atoms with Crippen molar-refractivity contribution in [3.63, 3.8) is 0 Å². The van der Waals surface area contributed by atoms with Gasteiger partial charge < -0.3 is 20.9 Å². The Morgan fingerprint density at radius 1 is 1.39 bits per heavy atom. The molecule has 0 heterocycles. The van der Waals surface area contributed by atoms with Crippen LogP contribution in [0.4, 0.5) is 0 Å². The Morgan fingerprint density at radius 3 is 2.39 bits per heavy atom. The van der Waals surface area contributed by atoms with Gasteiger partial charge in [0.25, 0.3) is 0 Å². The molecule has 0 aliphatic carbocycles. The Labute approximate surface area is 106 Å². The smallest absolute Gasteiger partial charge is 0.302 e. The van der Waals surface area contributed by atoms with Gasteiger partial charge in [0.05, 0.1) is 6.61 Å². The first-order valence-corrected chi connectivity index (χ1v) is 5.54. The highest BCUT2D eigenvalue weighted by atomic mass is 16.5. The highest BCUT2D eigenvalue weighted by molar-refractivity contribution is 5.82. The van der Waals surface area contributed by atoms with Crippen LogP contribution in [0.1, 0.15) is 27.2 Å². The number of carbonyl (C=O) groups excluding carboxylic acids is 3. The van der Waals surface area contributed by atoms with E-state index in [-0.39, 0.29) is 19.6 Å². The fraction of sp³-hybridized carbons (Fsp3) is 0.727. The van der Waals surface area contributed by atoms with Crippen molar-refractivity contribution in [2.45, 2.75) is 33.3 Å². The zero-order chi connectivity index (χ0) is 14.3. The molecule has 104 valence electrons. The molecule has 0 aromatic carbocycles. The molecule has 0 radical (unpaired) electrons. The van der Waals surface area contributed by atoms with Gasteiger partial charge in [-0.2, -0.15) is 0 Å². The van der Waals surface area contributed by atoms with E-state index >= 15 is 0 Å². The first-order valence-electron chi connectivity index (χ1n) is 5.54. The number of amides is 2. The molecule has 18 heavy (non-hydrogen) atoms. The second kappa shape index (κ2) is 6.95. The summed E-state index contributed by atoms with van der Waals surface area (Å²) in [4.78, 5) is 32.7. The first-order chi connectivity index (χ1) is 8.16. The van der Waals surface area contributed by atoms with Crippen LogP contribution < -0.4 is 11.1 Å². The van der Waals surface area contributed by atoms with Gasteiger partial charge in [0.1, 0.15) is 6.10 Å². The number of primary amides is 1. The molecule has 0 unspecified atom stereocenters. The molecule has 4 N–H and O–H groups in total. The van der Waals surface area contributed by atoms with Gasteiger partial charge in [-0.05, 0) is 0 Å². The highest BCUT2D eigenvalue weighted by Crippen LogP contribution is 2.21. The van der Waals surface area contributed by atoms with E-state index in [1.165, 1.54) is 6.92 Å². The predicted octanol–water partition coefficient (Wildman–Crippen LogP) is -1.07. The van der Waals surface area contributed by atoms with Gasteiger partial charge in [0.15, 0.2) is 0 Å². The maximum atomic E-state index is 11.6. The van der Waals surface area contributed by atoms with Crippen LogP contribution in [0, 0.1) is 5.41 Å². The number of nitrogens with one attached hydrogen (secondary N) is 1. The van der Waals surface area contributed by atoms with Gasteiger partial charge in [0, 0.05) is 25.3 Å². The van der Waals surface area contributed by atoms with E-state index in [1.807, 2.05) is 0 Å². The molecule has 0 spiro atoms. The molecule has 0 aliphatic rings. The molecule has 0 saturated heterocycles. The molecule has 1 atom stereocenters. The number of ether oxygens (including phenoxy) is 1. The van der Waals surface area contributed by atoms with E-state index in [0.717, 1.165) is 0 Å². The van der Waals surface area contributed by atoms with Gasteiger partial charge >= 0.3 is 5.97 Å². The van der Waals surface area contributed by atoms with E-state index in [2.05, 4.69) is 5.32 Å². The number of nitrogens with two attached hydrogens (primary N) is 1. The molecule has 2 amide bonds. The Kier molecular flexibility index (Phi) is 6.32. The third-order valence-electron chi connectivity index (χ3n) is 2.31. The second-order valence-electron chi connectivity index (χ2n) is 4.68. The quantitative estimate of drug-likeness (QED) is 0.503. The summed E-state index contributed by atoms with van der Waals surface area (Å²) in [5, 5.41) is 12.2. The number of aliphatic hydroxyl groups excluding tert-OH is 1. The summed E-state index contributed by atoms with van der Waals surface area (Å²) in [6.07, 6.45) is -1.34. The number of rotatable bonds is 7. The fourth-order valence-corrected chi connectivity index (χ4v) is 1.13. The van der Waals surface area contributed by atoms with Crippen LogP contribution in [0.2, 0.25) is 0 Å². The SMILES string of the molecule is CC(=O)OCC(C)(C)[C@@H](O)C(=O)NCCC(N)=O. The van der Waals surface area contributed by atoms with Crippen molar-refractivity contribution in [2.24, 2.45) is 11.1 Å². The molecule has 0 bridgehead atoms. The van der Waals surface area contributed by atoms with Gasteiger partial charge in [0.2, 0.25) is 11.8 Å². The predicted molar refractivity (Wildman–Crippen MR) is 63.2 cm³/mol. The summed E-state index contributed by atoms with van der Waals surface area (Å²) in [5.41, 5.74) is 4.00. The molecular formula is C11H20N2O5. The maximum Gasteiger partial charge on any atom is 0.302 e. The number of aliphatic hydroxyl groups is 1. The number of hydrogen-bond donors (Lipinski definition) is 3. The summed E-state index contributed by atoms with van der Waals surface area (Å²) in [6.45, 7) is 4.42. The topological polar surface area (TPSA) is 119 Å². The Bertz CT molecular complexity index is 327. The van der Waals surface area contributed by atoms with Crippen molar-refractivity contribution in [1.29, 1.82) is 0 Å². The van der Waals surface area contributed by atoms with E-state index in [1.54, 1.807) is 13.8 Å². The molecular weight excluding hydrogens is 240 g/mol. The summed E-state index contributed by atoms with van der Waals surface area (Å²) >= 11 is 0. The van der Waals surface area contributed by atoms with Crippen LogP contribution in [0.3, 0.4) is 0 Å². The van der Waals surface area contributed by atoms with Crippen LogP contribution in [0.5, 0.6) is 0 Å². The molecule has 0 saturated carbocycles. The van der Waals surface area contributed by atoms with Crippen molar-refractivity contribution < 1.29 is 24.2 Å². The van der Waals surface area contributed by atoms with Crippen molar-refractivity contribution in [3.05, 3.63) is 0 Å². The maximum absolute atomic E-state index is 11.6. The Hall–Kier alpha value is -1.63. The zero-order valence-electron chi connectivity index (χ0n) is 10.9. The van der Waals surface area contributed by atoms with Gasteiger partial charge in [-0.25, -0.2) is 0 Å². The standard InChI is InChI=1S/C11H20N2O5/c1-7(14)18-6-11(2,3)9(16)10(17)13-5-4-8(12)15/h9,16H,4-6H2,1-3H3,(H2,12,15)(H,13,17)/t9-/m0/s1. The van der Waals surface area contributed by atoms with Crippen molar-refractivity contribution >= 4 is 17.8 Å². The number of carbonyl (C=O) groups is 3. The lowest BCUT2D eigenvalue weighted by Crippen LogP contribution is -2.46. The Balaban J connectivity index is 4.24. The normalized spacial score (nSPS) is 12.7. The van der Waals surface area contributed by atoms with Crippen molar-refractivity contribution in [3.8, 4) is 0 Å². The van der Waals surface area contributed by atoms with Crippen LogP contribution in [0.25, 0.3) is 0 Å². The van der Waals surface area contributed by atoms with E-state index < -0.39 is 29.3 Å². The summed E-state index contributed by atoms with van der Waals surface area (Å²) in [6, 6.07) is 0. The average molecular weight is 260 g/mol. The number of esters is 1. The van der Waals surface area contributed by atoms with Crippen molar-refractivity contribution in [2.75, 3.05) is 13.2 Å². The van der Waals surface area contributed by atoms with Gasteiger partial charge in [-0.15, -0.1) is 0 Å². The van der Waals surface area contributed by atoms with Gasteiger partial charge in [-0.3, -0.25) is 14.4 Å². The van der Waals surface area contributed by atoms with Crippen LogP contribution >= 0.6 is 0 Å². The molecule has 0 fully saturated rings. The molecule has 7 nitrogen and oxygen atoms in total. The monoisotopic (exact) mass is 260 g/mol. The molecule has 7 heteroatoms. The largest absolute Gasteiger partial charge is 0.465 e. The van der Waals surface area contributed by atoms with Crippen LogP contribution in [-0.2, 0) is 19.1 Å². The third kappa shape index (κ3) is 6.19. The molecule has 0 aliphatic heterocycles. The minimum atomic E-state index is -1.34. The molecule has 0 aromatic heterocycles. The highest BCUT2D eigenvalue weighted by Gasteiger charge is 2.34. The summed E-state index contributed by atoms with van der Waals surface area (Å²) < 4.78 is 4.77. The molecule has 0 rings (SSSR count). The van der Waals surface area contributed by atoms with Gasteiger partial charge in [-0.1, -0.05) is 13.8 Å². The summed E-state index contributed by atoms with van der Waals surface area (Å²) in [5.74, 6) is -1.65. The van der Waals surface area contributed by atoms with E-state index in [4.69, 9.17) is 10.5 Å². The minimum absolute atomic E-state index is 0.00281. The number of hydrogen-bond acceptors (Lipinski definition) is 5. The third-order valence-corrected chi connectivity index (χ3v) is 2.31. The Morgan fingerprint density at radius 2 is 1.94 bits per heavy atom. The first kappa shape index (κ1) is 16.4. The fourth-order valence-electron chi connectivity index (χ4n) is 1.13. The lowest BCUT2D eigenvalue weighted by Gasteiger charge is -2.28. The van der Waals surface area contributed by atoms with Crippen LogP contribution in [0.15, 0.2) is 0 Å². The second-order valence-corrected chi connectivity index (χ2v) is 4.68.